The van der Waals surface area contributed by atoms with Crippen LogP contribution >= 0.6 is 17.0 Å². The molecule has 0 aliphatic carbocycles. The van der Waals surface area contributed by atoms with Gasteiger partial charge in [-0.25, -0.2) is 0 Å². The number of benzene rings is 6. The zero-order valence-electron chi connectivity index (χ0n) is 24.8. The summed E-state index contributed by atoms with van der Waals surface area (Å²) in [5, 5.41) is 6.37. The topological polar surface area (TPSA) is 8.17 Å². The van der Waals surface area contributed by atoms with Gasteiger partial charge < -0.3 is 9.47 Å². The van der Waals surface area contributed by atoms with Crippen molar-refractivity contribution in [3.8, 4) is 11.3 Å². The lowest BCUT2D eigenvalue weighted by atomic mass is 9.94. The van der Waals surface area contributed by atoms with Crippen molar-refractivity contribution in [3.05, 3.63) is 162 Å². The van der Waals surface area contributed by atoms with Crippen LogP contribution < -0.4 is 4.90 Å². The fourth-order valence-corrected chi connectivity index (χ4v) is 7.19. The highest BCUT2D eigenvalue weighted by molar-refractivity contribution is 8.93. The van der Waals surface area contributed by atoms with E-state index in [-0.39, 0.29) is 23.0 Å². The zero-order chi connectivity index (χ0) is 28.9. The van der Waals surface area contributed by atoms with Crippen molar-refractivity contribution in [1.82, 2.24) is 4.57 Å². The van der Waals surface area contributed by atoms with Gasteiger partial charge >= 0.3 is 0 Å². The van der Waals surface area contributed by atoms with Crippen LogP contribution in [0.15, 0.2) is 146 Å². The number of halogens is 1. The minimum atomic E-state index is 0. The number of fused-ring (bicyclic) bond motifs is 6. The van der Waals surface area contributed by atoms with Crippen LogP contribution in [-0.2, 0) is 7.05 Å². The molecule has 2 heterocycles. The number of allylic oxidation sites excluding steroid dienone is 2. The lowest BCUT2D eigenvalue weighted by Crippen LogP contribution is -2.19. The largest absolute Gasteiger partial charge is 0.362 e. The highest BCUT2D eigenvalue weighted by Gasteiger charge is 2.33. The first kappa shape index (κ1) is 27.9. The quantitative estimate of drug-likeness (QED) is 0.187. The van der Waals surface area contributed by atoms with Crippen LogP contribution in [0.2, 0.25) is 0 Å². The van der Waals surface area contributed by atoms with E-state index in [2.05, 4.69) is 175 Å². The van der Waals surface area contributed by atoms with E-state index in [1.54, 1.807) is 0 Å². The minimum absolute atomic E-state index is 0. The number of hydrogen-bond acceptors (Lipinski definition) is 1. The molecule has 1 aromatic heterocycles. The molecule has 0 amide bonds. The van der Waals surface area contributed by atoms with Gasteiger partial charge in [-0.1, -0.05) is 152 Å². The maximum Gasteiger partial charge on any atom is 0.0799 e. The van der Waals surface area contributed by atoms with E-state index in [0.29, 0.717) is 0 Å². The van der Waals surface area contributed by atoms with Gasteiger partial charge in [0.25, 0.3) is 0 Å². The average Bonchev–Trinajstić information content (AvgIpc) is 3.52. The van der Waals surface area contributed by atoms with Crippen molar-refractivity contribution in [2.24, 2.45) is 7.05 Å². The van der Waals surface area contributed by atoms with Gasteiger partial charge in [0, 0.05) is 41.4 Å². The van der Waals surface area contributed by atoms with E-state index in [4.69, 9.17) is 0 Å². The summed E-state index contributed by atoms with van der Waals surface area (Å²) >= 11 is 0. The summed E-state index contributed by atoms with van der Waals surface area (Å²) in [6.45, 7) is 0. The predicted molar refractivity (Wildman–Crippen MR) is 195 cm³/mol. The van der Waals surface area contributed by atoms with Crippen LogP contribution in [0, 0.1) is 0 Å². The molecule has 44 heavy (non-hydrogen) atoms. The van der Waals surface area contributed by atoms with Crippen LogP contribution in [0.25, 0.3) is 55.4 Å². The van der Waals surface area contributed by atoms with Gasteiger partial charge in [-0.15, -0.1) is 17.0 Å². The van der Waals surface area contributed by atoms with Crippen molar-refractivity contribution in [3.63, 3.8) is 0 Å². The van der Waals surface area contributed by atoms with Gasteiger partial charge in [-0.05, 0) is 27.5 Å². The molecule has 1 unspecified atom stereocenters. The molecule has 0 N–H and O–H groups in total. The van der Waals surface area contributed by atoms with Crippen LogP contribution in [0.5, 0.6) is 0 Å². The van der Waals surface area contributed by atoms with Gasteiger partial charge in [0.15, 0.2) is 0 Å². The number of aromatic nitrogens is 1. The van der Waals surface area contributed by atoms with Gasteiger partial charge in [-0.3, -0.25) is 0 Å². The van der Waals surface area contributed by atoms with Crippen LogP contribution in [0.1, 0.15) is 22.7 Å². The SMILES string of the molecule is Br.CN1c2c(ccc3ccccc23)C(=CC=Cc2c(-c3ccccc3)n(C)c3c2ccc2ccccc23)C1c1ccccc1. The van der Waals surface area contributed by atoms with Gasteiger partial charge in [0.2, 0.25) is 0 Å². The molecule has 1 atom stereocenters. The second-order valence-corrected chi connectivity index (χ2v) is 11.5. The monoisotopic (exact) mass is 632 g/mol. The summed E-state index contributed by atoms with van der Waals surface area (Å²) in [4.78, 5) is 2.45. The Morgan fingerprint density at radius 2 is 1.20 bits per heavy atom. The van der Waals surface area contributed by atoms with Crippen molar-refractivity contribution in [1.29, 1.82) is 0 Å². The van der Waals surface area contributed by atoms with Crippen molar-refractivity contribution in [2.75, 3.05) is 11.9 Å². The lowest BCUT2D eigenvalue weighted by molar-refractivity contribution is 0.863. The fourth-order valence-electron chi connectivity index (χ4n) is 7.19. The van der Waals surface area contributed by atoms with Crippen LogP contribution in [0.3, 0.4) is 0 Å². The number of aryl methyl sites for hydroxylation is 1. The molecule has 0 fully saturated rings. The molecule has 2 nitrogen and oxygen atoms in total. The summed E-state index contributed by atoms with van der Waals surface area (Å²) in [6, 6.07) is 48.3. The first-order valence-corrected chi connectivity index (χ1v) is 14.9. The van der Waals surface area contributed by atoms with Crippen LogP contribution in [0.4, 0.5) is 5.69 Å². The highest BCUT2D eigenvalue weighted by atomic mass is 79.9. The molecule has 0 saturated carbocycles. The Morgan fingerprint density at radius 1 is 0.591 bits per heavy atom. The Balaban J connectivity index is 0.00000312. The third-order valence-corrected chi connectivity index (χ3v) is 9.06. The van der Waals surface area contributed by atoms with Gasteiger partial charge in [0.05, 0.1) is 22.9 Å². The Hall–Kier alpha value is -4.86. The Morgan fingerprint density at radius 3 is 1.95 bits per heavy atom. The second-order valence-electron chi connectivity index (χ2n) is 11.5. The molecule has 7 aromatic rings. The van der Waals surface area contributed by atoms with Crippen molar-refractivity contribution >= 4 is 66.8 Å². The summed E-state index contributed by atoms with van der Waals surface area (Å²) in [7, 11) is 4.43. The molecule has 3 heteroatoms. The van der Waals surface area contributed by atoms with E-state index in [1.165, 1.54) is 71.7 Å². The van der Waals surface area contributed by atoms with E-state index >= 15 is 0 Å². The maximum atomic E-state index is 2.45. The summed E-state index contributed by atoms with van der Waals surface area (Å²) in [5.74, 6) is 0. The standard InChI is InChI=1S/C41H32N2.BrH/c1-42-38(30-16-5-3-6-17-30)34(36-26-24-28-14-9-11-20-32(28)40(36)42)22-13-23-35-37-27-25-29-15-10-12-21-33(29)41(37)43(2)39(35)31-18-7-4-8-19-31;/h3-27,38H,1-2H3;1H. The zero-order valence-corrected chi connectivity index (χ0v) is 26.5. The highest BCUT2D eigenvalue weighted by Crippen LogP contribution is 2.50. The first-order valence-electron chi connectivity index (χ1n) is 14.9. The molecule has 0 radical (unpaired) electrons. The third-order valence-electron chi connectivity index (χ3n) is 9.06. The number of rotatable bonds is 4. The van der Waals surface area contributed by atoms with Gasteiger partial charge in [0.1, 0.15) is 0 Å². The normalized spacial score (nSPS) is 15.5. The number of hydrogen-bond donors (Lipinski definition) is 0. The van der Waals surface area contributed by atoms with Crippen molar-refractivity contribution < 1.29 is 0 Å². The Labute approximate surface area is 269 Å². The molecule has 8 rings (SSSR count). The summed E-state index contributed by atoms with van der Waals surface area (Å²) in [6.07, 6.45) is 6.91. The maximum absolute atomic E-state index is 2.45. The average molecular weight is 634 g/mol. The predicted octanol–water partition coefficient (Wildman–Crippen LogP) is 11.0. The molecular formula is C41H33BrN2. The molecule has 0 bridgehead atoms. The Bertz CT molecular complexity index is 2210. The molecule has 6 aromatic carbocycles. The lowest BCUT2D eigenvalue weighted by Gasteiger charge is -2.24. The smallest absolute Gasteiger partial charge is 0.0799 e. The Kier molecular flexibility index (Phi) is 7.20. The van der Waals surface area contributed by atoms with E-state index in [1.807, 2.05) is 0 Å². The summed E-state index contributed by atoms with van der Waals surface area (Å²) in [5.41, 5.74) is 10.2. The van der Waals surface area contributed by atoms with E-state index < -0.39 is 0 Å². The molecular weight excluding hydrogens is 600 g/mol. The minimum Gasteiger partial charge on any atom is -0.362 e. The molecule has 0 spiro atoms. The van der Waals surface area contributed by atoms with E-state index in [9.17, 15) is 0 Å². The number of likely N-dealkylation sites (N-methyl/N-ethyl adjacent to an activating group) is 1. The third kappa shape index (κ3) is 4.39. The van der Waals surface area contributed by atoms with E-state index in [0.717, 1.165) is 0 Å². The molecule has 214 valence electrons. The first-order chi connectivity index (χ1) is 21.2. The molecule has 1 aliphatic rings. The van der Waals surface area contributed by atoms with Crippen LogP contribution in [-0.4, -0.2) is 11.6 Å². The molecule has 0 saturated heterocycles. The summed E-state index contributed by atoms with van der Waals surface area (Å²) < 4.78 is 2.37. The van der Waals surface area contributed by atoms with Crippen molar-refractivity contribution in [2.45, 2.75) is 6.04 Å². The fraction of sp³-hybridized carbons (Fsp3) is 0.0732. The second kappa shape index (κ2) is 11.3. The number of anilines is 1. The number of nitrogens with zero attached hydrogens (tertiary/aromatic N) is 2. The molecule has 1 aliphatic heterocycles. The van der Waals surface area contributed by atoms with Gasteiger partial charge in [-0.2, -0.15) is 0 Å².